The van der Waals surface area contributed by atoms with Crippen molar-refractivity contribution in [1.82, 2.24) is 0 Å². The number of hydrogen-bond acceptors (Lipinski definition) is 3. The number of fused-ring (bicyclic) bond motifs is 1. The molecule has 0 bridgehead atoms. The fourth-order valence-electron chi connectivity index (χ4n) is 3.51. The van der Waals surface area contributed by atoms with Crippen molar-refractivity contribution >= 4 is 39.9 Å². The minimum atomic E-state index is -0.492. The van der Waals surface area contributed by atoms with E-state index in [4.69, 9.17) is 11.6 Å². The van der Waals surface area contributed by atoms with E-state index in [9.17, 15) is 14.4 Å². The number of hydrogen-bond donors (Lipinski definition) is 1. The summed E-state index contributed by atoms with van der Waals surface area (Å²) in [5.41, 5.74) is 1.99. The van der Waals surface area contributed by atoms with Crippen molar-refractivity contribution in [2.45, 2.75) is 40.0 Å². The van der Waals surface area contributed by atoms with E-state index in [1.54, 1.807) is 6.07 Å². The van der Waals surface area contributed by atoms with E-state index >= 15 is 0 Å². The highest BCUT2D eigenvalue weighted by atomic mass is 35.5. The first-order valence-corrected chi connectivity index (χ1v) is 10.4. The molecule has 6 heteroatoms. The molecule has 1 heterocycles. The van der Waals surface area contributed by atoms with Crippen LogP contribution >= 0.6 is 22.9 Å². The first-order valence-electron chi connectivity index (χ1n) is 9.18. The molecule has 3 rings (SSSR count). The molecule has 0 fully saturated rings. The third-order valence-electron chi connectivity index (χ3n) is 5.24. The number of anilines is 1. The molecule has 1 aromatic carbocycles. The number of carbonyl (C=O) groups excluding carboxylic acids is 1. The van der Waals surface area contributed by atoms with Crippen LogP contribution in [0, 0.1) is 28.5 Å². The van der Waals surface area contributed by atoms with Crippen LogP contribution in [-0.2, 0) is 17.6 Å². The Hall–Kier alpha value is -2.16. The number of nitrogens with one attached hydrogen (secondary N) is 1. The molecule has 146 valence electrons. The minimum Gasteiger partial charge on any atom is -0.313 e. The maximum atomic E-state index is 13.8. The van der Waals surface area contributed by atoms with Gasteiger partial charge in [0, 0.05) is 16.5 Å². The van der Waals surface area contributed by atoms with Gasteiger partial charge in [0.25, 0.3) is 0 Å². The van der Waals surface area contributed by atoms with Crippen molar-refractivity contribution in [3.05, 3.63) is 56.7 Å². The lowest BCUT2D eigenvalue weighted by atomic mass is 9.72. The predicted molar refractivity (Wildman–Crippen MR) is 113 cm³/mol. The normalized spacial score (nSPS) is 16.6. The molecular weight excluding hydrogens is 395 g/mol. The van der Waals surface area contributed by atoms with Gasteiger partial charge >= 0.3 is 0 Å². The molecule has 1 atom stereocenters. The monoisotopic (exact) mass is 416 g/mol. The zero-order valence-corrected chi connectivity index (χ0v) is 17.7. The topological polar surface area (TPSA) is 52.9 Å². The van der Waals surface area contributed by atoms with Gasteiger partial charge in [0.15, 0.2) is 0 Å². The Morgan fingerprint density at radius 1 is 1.43 bits per heavy atom. The number of rotatable bonds is 3. The van der Waals surface area contributed by atoms with E-state index in [2.05, 4.69) is 32.2 Å². The Balaban J connectivity index is 1.80. The Bertz CT molecular complexity index is 961. The van der Waals surface area contributed by atoms with Gasteiger partial charge in [-0.3, -0.25) is 4.79 Å². The third kappa shape index (κ3) is 4.29. The van der Waals surface area contributed by atoms with Crippen molar-refractivity contribution < 1.29 is 9.18 Å². The molecule has 1 amide bonds. The SMILES string of the molecule is CC(C)(C)C1CCc2c(sc(NC(=O)/C=C/c3c(F)cccc3Cl)c2C#N)C1. The molecule has 28 heavy (non-hydrogen) atoms. The first-order chi connectivity index (χ1) is 13.2. The van der Waals surface area contributed by atoms with Crippen LogP contribution < -0.4 is 5.32 Å². The molecule has 1 N–H and O–H groups in total. The molecule has 1 unspecified atom stereocenters. The second-order valence-electron chi connectivity index (χ2n) is 8.08. The maximum Gasteiger partial charge on any atom is 0.249 e. The van der Waals surface area contributed by atoms with E-state index in [0.717, 1.165) is 24.8 Å². The van der Waals surface area contributed by atoms with Gasteiger partial charge in [0.2, 0.25) is 5.91 Å². The highest BCUT2D eigenvalue weighted by Gasteiger charge is 2.32. The van der Waals surface area contributed by atoms with E-state index in [1.807, 2.05) is 0 Å². The van der Waals surface area contributed by atoms with Gasteiger partial charge in [-0.1, -0.05) is 38.4 Å². The van der Waals surface area contributed by atoms with Gasteiger partial charge in [-0.15, -0.1) is 11.3 Å². The van der Waals surface area contributed by atoms with Crippen molar-refractivity contribution in [1.29, 1.82) is 5.26 Å². The first kappa shape index (κ1) is 20.6. The van der Waals surface area contributed by atoms with Crippen molar-refractivity contribution in [3.8, 4) is 6.07 Å². The van der Waals surface area contributed by atoms with E-state index < -0.39 is 11.7 Å². The standard InChI is InChI=1S/C22H22ClFN2OS/c1-22(2,3)13-7-8-14-16(12-25)21(28-19(14)11-13)26-20(27)10-9-15-17(23)5-4-6-18(15)24/h4-6,9-10,13H,7-8,11H2,1-3H3,(H,26,27)/b10-9+. The molecule has 2 aromatic rings. The average Bonchev–Trinajstić information content (AvgIpc) is 2.96. The highest BCUT2D eigenvalue weighted by molar-refractivity contribution is 7.16. The molecule has 1 aliphatic rings. The molecular formula is C22H22ClFN2OS. The summed E-state index contributed by atoms with van der Waals surface area (Å²) in [5, 5.41) is 13.2. The molecule has 3 nitrogen and oxygen atoms in total. The summed E-state index contributed by atoms with van der Waals surface area (Å²) < 4.78 is 13.8. The van der Waals surface area contributed by atoms with Gasteiger partial charge in [-0.2, -0.15) is 5.26 Å². The smallest absolute Gasteiger partial charge is 0.249 e. The number of amides is 1. The molecule has 0 aliphatic heterocycles. The Labute approximate surface area is 173 Å². The maximum absolute atomic E-state index is 13.8. The number of halogens is 2. The summed E-state index contributed by atoms with van der Waals surface area (Å²) >= 11 is 7.45. The molecule has 0 spiro atoms. The van der Waals surface area contributed by atoms with E-state index in [1.165, 1.54) is 40.5 Å². The summed E-state index contributed by atoms with van der Waals surface area (Å²) in [7, 11) is 0. The molecule has 0 radical (unpaired) electrons. The van der Waals surface area contributed by atoms with Crippen LogP contribution in [0.2, 0.25) is 5.02 Å². The van der Waals surface area contributed by atoms with Crippen molar-refractivity contribution in [2.75, 3.05) is 5.32 Å². The van der Waals surface area contributed by atoms with Crippen LogP contribution in [0.25, 0.3) is 6.08 Å². The van der Waals surface area contributed by atoms with Gasteiger partial charge in [0.05, 0.1) is 10.6 Å². The quantitative estimate of drug-likeness (QED) is 0.604. The number of carbonyl (C=O) groups is 1. The van der Waals surface area contributed by atoms with Crippen LogP contribution in [0.1, 0.15) is 48.8 Å². The minimum absolute atomic E-state index is 0.165. The Morgan fingerprint density at radius 3 is 2.82 bits per heavy atom. The summed E-state index contributed by atoms with van der Waals surface area (Å²) in [6, 6.07) is 6.61. The van der Waals surface area contributed by atoms with Crippen molar-refractivity contribution in [2.24, 2.45) is 11.3 Å². The number of nitrogens with zero attached hydrogens (tertiary/aromatic N) is 1. The molecule has 0 saturated carbocycles. The van der Waals surface area contributed by atoms with Gasteiger partial charge in [-0.05, 0) is 54.4 Å². The van der Waals surface area contributed by atoms with Gasteiger partial charge < -0.3 is 5.32 Å². The summed E-state index contributed by atoms with van der Waals surface area (Å²) in [4.78, 5) is 13.5. The molecule has 1 aliphatic carbocycles. The van der Waals surface area contributed by atoms with Crippen molar-refractivity contribution in [3.63, 3.8) is 0 Å². The zero-order valence-electron chi connectivity index (χ0n) is 16.1. The fourth-order valence-corrected chi connectivity index (χ4v) is 5.02. The molecule has 0 saturated heterocycles. The Kier molecular flexibility index (Phi) is 5.92. The number of thiophene rings is 1. The summed E-state index contributed by atoms with van der Waals surface area (Å²) in [6.07, 6.45) is 5.41. The Morgan fingerprint density at radius 2 is 2.18 bits per heavy atom. The molecule has 1 aromatic heterocycles. The lowest BCUT2D eigenvalue weighted by molar-refractivity contribution is -0.111. The van der Waals surface area contributed by atoms with Crippen LogP contribution in [0.5, 0.6) is 0 Å². The van der Waals surface area contributed by atoms with Gasteiger partial charge in [-0.25, -0.2) is 4.39 Å². The largest absolute Gasteiger partial charge is 0.313 e. The fraction of sp³-hybridized carbons (Fsp3) is 0.364. The second-order valence-corrected chi connectivity index (χ2v) is 9.60. The van der Waals surface area contributed by atoms with Gasteiger partial charge in [0.1, 0.15) is 16.9 Å². The zero-order chi connectivity index (χ0) is 20.5. The van der Waals surface area contributed by atoms with E-state index in [-0.39, 0.29) is 16.0 Å². The van der Waals surface area contributed by atoms with Crippen LogP contribution in [0.15, 0.2) is 24.3 Å². The lowest BCUT2D eigenvalue weighted by Gasteiger charge is -2.33. The second kappa shape index (κ2) is 8.06. The van der Waals surface area contributed by atoms with Crippen LogP contribution in [0.4, 0.5) is 9.39 Å². The third-order valence-corrected chi connectivity index (χ3v) is 6.74. The number of nitriles is 1. The number of benzene rings is 1. The summed E-state index contributed by atoms with van der Waals surface area (Å²) in [5.74, 6) is -0.354. The van der Waals surface area contributed by atoms with Crippen LogP contribution in [-0.4, -0.2) is 5.91 Å². The average molecular weight is 417 g/mol. The summed E-state index contributed by atoms with van der Waals surface area (Å²) in [6.45, 7) is 6.72. The van der Waals surface area contributed by atoms with Crippen LogP contribution in [0.3, 0.4) is 0 Å². The van der Waals surface area contributed by atoms with E-state index in [0.29, 0.717) is 16.5 Å². The lowest BCUT2D eigenvalue weighted by Crippen LogP contribution is -2.26. The highest BCUT2D eigenvalue weighted by Crippen LogP contribution is 2.44. The predicted octanol–water partition coefficient (Wildman–Crippen LogP) is 6.22.